The Balaban J connectivity index is 1.74. The van der Waals surface area contributed by atoms with E-state index in [0.717, 1.165) is 31.6 Å². The van der Waals surface area contributed by atoms with Crippen molar-refractivity contribution in [2.75, 3.05) is 6.54 Å². The van der Waals surface area contributed by atoms with Gasteiger partial charge < -0.3 is 10.7 Å². The second kappa shape index (κ2) is 5.94. The van der Waals surface area contributed by atoms with Gasteiger partial charge in [-0.1, -0.05) is 6.92 Å². The van der Waals surface area contributed by atoms with Gasteiger partial charge in [0.05, 0.1) is 0 Å². The summed E-state index contributed by atoms with van der Waals surface area (Å²) in [6, 6.07) is 5.26. The van der Waals surface area contributed by atoms with Crippen LogP contribution in [0.4, 0.5) is 0 Å². The van der Waals surface area contributed by atoms with Crippen LogP contribution in [-0.4, -0.2) is 33.5 Å². The quantitative estimate of drug-likeness (QED) is 0.899. The van der Waals surface area contributed by atoms with Gasteiger partial charge in [0.15, 0.2) is 0 Å². The zero-order chi connectivity index (χ0) is 13.9. The van der Waals surface area contributed by atoms with E-state index in [0.29, 0.717) is 12.1 Å². The van der Waals surface area contributed by atoms with E-state index in [1.54, 1.807) is 0 Å². The van der Waals surface area contributed by atoms with E-state index in [2.05, 4.69) is 34.1 Å². The van der Waals surface area contributed by atoms with E-state index in [1.807, 2.05) is 12.3 Å². The van der Waals surface area contributed by atoms with Crippen LogP contribution in [0.5, 0.6) is 0 Å². The monoisotopic (exact) mass is 272 g/mol. The van der Waals surface area contributed by atoms with Gasteiger partial charge in [0.1, 0.15) is 5.65 Å². The Hall–Kier alpha value is -1.39. The zero-order valence-corrected chi connectivity index (χ0v) is 12.2. The summed E-state index contributed by atoms with van der Waals surface area (Å²) in [7, 11) is 0. The van der Waals surface area contributed by atoms with E-state index in [4.69, 9.17) is 5.73 Å². The van der Waals surface area contributed by atoms with Crippen molar-refractivity contribution in [3.05, 3.63) is 30.1 Å². The number of rotatable bonds is 4. The lowest BCUT2D eigenvalue weighted by molar-refractivity contribution is 0.150. The van der Waals surface area contributed by atoms with Crippen molar-refractivity contribution >= 4 is 11.0 Å². The maximum atomic E-state index is 6.02. The predicted molar refractivity (Wildman–Crippen MR) is 82.4 cm³/mol. The van der Waals surface area contributed by atoms with E-state index >= 15 is 0 Å². The summed E-state index contributed by atoms with van der Waals surface area (Å²) < 4.78 is 0. The third kappa shape index (κ3) is 2.72. The SMILES string of the molecule is CCN(Cc1c[nH]c2ncccc12)C1CCC(N)CC1. The van der Waals surface area contributed by atoms with Crippen LogP contribution in [0.1, 0.15) is 38.2 Å². The maximum Gasteiger partial charge on any atom is 0.137 e. The van der Waals surface area contributed by atoms with Crippen molar-refractivity contribution < 1.29 is 0 Å². The Morgan fingerprint density at radius 3 is 2.90 bits per heavy atom. The molecule has 0 aliphatic heterocycles. The fraction of sp³-hybridized carbons (Fsp3) is 0.562. The molecule has 0 bridgehead atoms. The van der Waals surface area contributed by atoms with Crippen LogP contribution in [-0.2, 0) is 6.54 Å². The van der Waals surface area contributed by atoms with Gasteiger partial charge in [-0.25, -0.2) is 4.98 Å². The van der Waals surface area contributed by atoms with Crippen LogP contribution in [0.25, 0.3) is 11.0 Å². The number of H-pyrrole nitrogens is 1. The number of nitrogens with two attached hydrogens (primary N) is 1. The van der Waals surface area contributed by atoms with Crippen LogP contribution in [0, 0.1) is 0 Å². The highest BCUT2D eigenvalue weighted by Crippen LogP contribution is 2.25. The van der Waals surface area contributed by atoms with Crippen LogP contribution in [0.3, 0.4) is 0 Å². The molecule has 3 N–H and O–H groups in total. The van der Waals surface area contributed by atoms with Gasteiger partial charge in [0, 0.05) is 36.4 Å². The smallest absolute Gasteiger partial charge is 0.137 e. The summed E-state index contributed by atoms with van der Waals surface area (Å²) in [5.41, 5.74) is 8.36. The first-order valence-corrected chi connectivity index (χ1v) is 7.68. The number of aromatic amines is 1. The standard InChI is InChI=1S/C16H24N4/c1-2-20(14-7-5-13(17)6-8-14)11-12-10-19-16-15(12)4-3-9-18-16/h3-4,9-10,13-14H,2,5-8,11,17H2,1H3,(H,18,19). The molecule has 0 atom stereocenters. The molecule has 0 aromatic carbocycles. The summed E-state index contributed by atoms with van der Waals surface area (Å²) in [4.78, 5) is 10.2. The molecule has 2 aromatic heterocycles. The summed E-state index contributed by atoms with van der Waals surface area (Å²) in [6.07, 6.45) is 8.73. The molecule has 0 spiro atoms. The number of pyridine rings is 1. The maximum absolute atomic E-state index is 6.02. The van der Waals surface area contributed by atoms with E-state index in [9.17, 15) is 0 Å². The summed E-state index contributed by atoms with van der Waals surface area (Å²) in [5.74, 6) is 0. The van der Waals surface area contributed by atoms with Crippen molar-refractivity contribution in [3.8, 4) is 0 Å². The van der Waals surface area contributed by atoms with Crippen molar-refractivity contribution in [2.45, 2.75) is 51.2 Å². The number of aromatic nitrogens is 2. The Labute approximate surface area is 120 Å². The molecule has 20 heavy (non-hydrogen) atoms. The number of hydrogen-bond donors (Lipinski definition) is 2. The van der Waals surface area contributed by atoms with Gasteiger partial charge in [0.25, 0.3) is 0 Å². The van der Waals surface area contributed by atoms with E-state index in [-0.39, 0.29) is 0 Å². The summed E-state index contributed by atoms with van der Waals surface area (Å²) in [5, 5.41) is 1.25. The average molecular weight is 272 g/mol. The topological polar surface area (TPSA) is 57.9 Å². The summed E-state index contributed by atoms with van der Waals surface area (Å²) in [6.45, 7) is 4.34. The number of fused-ring (bicyclic) bond motifs is 1. The zero-order valence-electron chi connectivity index (χ0n) is 12.2. The fourth-order valence-corrected chi connectivity index (χ4v) is 3.33. The predicted octanol–water partition coefficient (Wildman–Crippen LogP) is 2.65. The number of nitrogens with one attached hydrogen (secondary N) is 1. The van der Waals surface area contributed by atoms with Crippen molar-refractivity contribution in [3.63, 3.8) is 0 Å². The summed E-state index contributed by atoms with van der Waals surface area (Å²) >= 11 is 0. The molecule has 0 unspecified atom stereocenters. The lowest BCUT2D eigenvalue weighted by atomic mass is 9.90. The largest absolute Gasteiger partial charge is 0.346 e. The van der Waals surface area contributed by atoms with Gasteiger partial charge in [-0.3, -0.25) is 4.90 Å². The molecular weight excluding hydrogens is 248 g/mol. The number of hydrogen-bond acceptors (Lipinski definition) is 3. The van der Waals surface area contributed by atoms with Gasteiger partial charge in [0.2, 0.25) is 0 Å². The van der Waals surface area contributed by atoms with Gasteiger partial charge in [-0.05, 0) is 49.9 Å². The first-order valence-electron chi connectivity index (χ1n) is 7.68. The second-order valence-corrected chi connectivity index (χ2v) is 5.85. The first-order chi connectivity index (χ1) is 9.78. The van der Waals surface area contributed by atoms with Crippen molar-refractivity contribution in [2.24, 2.45) is 5.73 Å². The van der Waals surface area contributed by atoms with Crippen LogP contribution >= 0.6 is 0 Å². The Bertz CT molecular complexity index is 554. The van der Waals surface area contributed by atoms with Crippen LogP contribution in [0.2, 0.25) is 0 Å². The minimum atomic E-state index is 0.419. The van der Waals surface area contributed by atoms with Gasteiger partial charge >= 0.3 is 0 Å². The highest BCUT2D eigenvalue weighted by atomic mass is 15.1. The molecule has 2 heterocycles. The average Bonchev–Trinajstić information content (AvgIpc) is 2.89. The van der Waals surface area contributed by atoms with Crippen molar-refractivity contribution in [1.82, 2.24) is 14.9 Å². The van der Waals surface area contributed by atoms with Gasteiger partial charge in [-0.15, -0.1) is 0 Å². The second-order valence-electron chi connectivity index (χ2n) is 5.85. The van der Waals surface area contributed by atoms with Gasteiger partial charge in [-0.2, -0.15) is 0 Å². The molecule has 1 aliphatic rings. The molecular formula is C16H24N4. The molecule has 4 nitrogen and oxygen atoms in total. The molecule has 1 fully saturated rings. The molecule has 0 amide bonds. The lowest BCUT2D eigenvalue weighted by Crippen LogP contribution is -2.40. The molecule has 1 aliphatic carbocycles. The molecule has 0 saturated heterocycles. The molecule has 1 saturated carbocycles. The third-order valence-electron chi connectivity index (χ3n) is 4.57. The lowest BCUT2D eigenvalue weighted by Gasteiger charge is -2.35. The van der Waals surface area contributed by atoms with Crippen LogP contribution < -0.4 is 5.73 Å². The Morgan fingerprint density at radius 2 is 2.15 bits per heavy atom. The highest BCUT2D eigenvalue weighted by molar-refractivity contribution is 5.79. The third-order valence-corrected chi connectivity index (χ3v) is 4.57. The molecule has 0 radical (unpaired) electrons. The first kappa shape index (κ1) is 13.6. The Morgan fingerprint density at radius 1 is 1.35 bits per heavy atom. The normalized spacial score (nSPS) is 23.6. The minimum absolute atomic E-state index is 0.419. The molecule has 3 rings (SSSR count). The van der Waals surface area contributed by atoms with Crippen LogP contribution in [0.15, 0.2) is 24.5 Å². The number of nitrogens with zero attached hydrogens (tertiary/aromatic N) is 2. The van der Waals surface area contributed by atoms with E-state index < -0.39 is 0 Å². The van der Waals surface area contributed by atoms with Crippen molar-refractivity contribution in [1.29, 1.82) is 0 Å². The van der Waals surface area contributed by atoms with E-state index in [1.165, 1.54) is 23.8 Å². The minimum Gasteiger partial charge on any atom is -0.346 e. The highest BCUT2D eigenvalue weighted by Gasteiger charge is 2.23. The molecule has 4 heteroatoms. The molecule has 2 aromatic rings. The Kier molecular flexibility index (Phi) is 4.03. The molecule has 108 valence electrons. The fourth-order valence-electron chi connectivity index (χ4n) is 3.33.